The molecule has 17 heavy (non-hydrogen) atoms. The number of aromatic nitrogens is 2. The van der Waals surface area contributed by atoms with Gasteiger partial charge in [-0.1, -0.05) is 12.1 Å². The molecule has 1 aromatic heterocycles. The molecule has 2 N–H and O–H groups in total. The largest absolute Gasteiger partial charge is 0.473 e. The van der Waals surface area contributed by atoms with Gasteiger partial charge in [-0.05, 0) is 37.4 Å². The number of fused-ring (bicyclic) bond motifs is 1. The molecule has 4 nitrogen and oxygen atoms in total. The van der Waals surface area contributed by atoms with Crippen molar-refractivity contribution in [3.8, 4) is 5.88 Å². The number of para-hydroxylation sites is 2. The minimum atomic E-state index is 0.263. The number of ether oxygens (including phenoxy) is 1. The molecule has 1 heterocycles. The summed E-state index contributed by atoms with van der Waals surface area (Å²) in [6.45, 7) is 0.753. The summed E-state index contributed by atoms with van der Waals surface area (Å²) >= 11 is 0. The van der Waals surface area contributed by atoms with Crippen molar-refractivity contribution in [1.82, 2.24) is 9.97 Å². The third kappa shape index (κ3) is 2.08. The van der Waals surface area contributed by atoms with E-state index in [0.29, 0.717) is 11.8 Å². The van der Waals surface area contributed by atoms with Crippen molar-refractivity contribution in [2.75, 3.05) is 6.54 Å². The van der Waals surface area contributed by atoms with Gasteiger partial charge in [-0.15, -0.1) is 0 Å². The number of rotatable bonds is 3. The second-order valence-electron chi connectivity index (χ2n) is 4.51. The van der Waals surface area contributed by atoms with Gasteiger partial charge in [0.2, 0.25) is 5.88 Å². The minimum absolute atomic E-state index is 0.263. The van der Waals surface area contributed by atoms with Crippen molar-refractivity contribution in [3.05, 3.63) is 30.5 Å². The van der Waals surface area contributed by atoms with Crippen molar-refractivity contribution in [3.63, 3.8) is 0 Å². The van der Waals surface area contributed by atoms with Gasteiger partial charge in [0.1, 0.15) is 6.10 Å². The summed E-state index contributed by atoms with van der Waals surface area (Å²) in [6, 6.07) is 7.79. The third-order valence-electron chi connectivity index (χ3n) is 3.24. The first-order valence-corrected chi connectivity index (χ1v) is 5.93. The first-order valence-electron chi connectivity index (χ1n) is 5.93. The van der Waals surface area contributed by atoms with Crippen LogP contribution < -0.4 is 10.5 Å². The van der Waals surface area contributed by atoms with Crippen LogP contribution in [-0.4, -0.2) is 22.6 Å². The molecule has 0 aliphatic heterocycles. The van der Waals surface area contributed by atoms with Crippen LogP contribution in [0.2, 0.25) is 0 Å². The molecule has 1 aliphatic rings. The van der Waals surface area contributed by atoms with E-state index in [2.05, 4.69) is 9.97 Å². The lowest BCUT2D eigenvalue weighted by atomic mass is 9.82. The average molecular weight is 229 g/mol. The van der Waals surface area contributed by atoms with Gasteiger partial charge in [-0.3, -0.25) is 0 Å². The number of hydrogen-bond acceptors (Lipinski definition) is 4. The predicted octanol–water partition coefficient (Wildman–Crippen LogP) is 1.75. The third-order valence-corrected chi connectivity index (χ3v) is 3.24. The lowest BCUT2D eigenvalue weighted by Gasteiger charge is -2.33. The molecule has 0 radical (unpaired) electrons. The van der Waals surface area contributed by atoms with Crippen LogP contribution >= 0.6 is 0 Å². The smallest absolute Gasteiger partial charge is 0.233 e. The molecule has 1 aromatic carbocycles. The normalized spacial score (nSPS) is 23.4. The average Bonchev–Trinajstić information content (AvgIpc) is 2.33. The van der Waals surface area contributed by atoms with E-state index >= 15 is 0 Å². The maximum absolute atomic E-state index is 5.76. The molecule has 1 fully saturated rings. The Hall–Kier alpha value is -1.68. The lowest BCUT2D eigenvalue weighted by Crippen LogP contribution is -2.37. The fraction of sp³-hybridized carbons (Fsp3) is 0.385. The van der Waals surface area contributed by atoms with Gasteiger partial charge in [-0.2, -0.15) is 0 Å². The standard InChI is InChI=1S/C13H15N3O/c14-7-9-5-10(6-9)17-13-8-15-11-3-1-2-4-12(11)16-13/h1-4,8-10H,5-7,14H2. The SMILES string of the molecule is NCC1CC(Oc2cnc3ccccc3n2)C1. The summed E-state index contributed by atoms with van der Waals surface area (Å²) < 4.78 is 5.76. The summed E-state index contributed by atoms with van der Waals surface area (Å²) in [4.78, 5) is 8.75. The Bertz CT molecular complexity index is 523. The Morgan fingerprint density at radius 3 is 2.76 bits per heavy atom. The van der Waals surface area contributed by atoms with Crippen LogP contribution in [0.1, 0.15) is 12.8 Å². The van der Waals surface area contributed by atoms with E-state index in [0.717, 1.165) is 30.4 Å². The molecule has 3 rings (SSSR count). The first kappa shape index (κ1) is 10.5. The maximum Gasteiger partial charge on any atom is 0.233 e. The van der Waals surface area contributed by atoms with Crippen LogP contribution in [0.3, 0.4) is 0 Å². The maximum atomic E-state index is 5.76. The molecule has 1 saturated carbocycles. The molecule has 2 aromatic rings. The van der Waals surface area contributed by atoms with E-state index in [1.165, 1.54) is 0 Å². The molecule has 0 bridgehead atoms. The number of benzene rings is 1. The van der Waals surface area contributed by atoms with E-state index in [-0.39, 0.29) is 6.10 Å². The molecular formula is C13H15N3O. The highest BCUT2D eigenvalue weighted by atomic mass is 16.5. The van der Waals surface area contributed by atoms with Crippen LogP contribution in [0.4, 0.5) is 0 Å². The molecular weight excluding hydrogens is 214 g/mol. The highest BCUT2D eigenvalue weighted by Crippen LogP contribution is 2.29. The Morgan fingerprint density at radius 1 is 1.24 bits per heavy atom. The van der Waals surface area contributed by atoms with E-state index in [4.69, 9.17) is 10.5 Å². The van der Waals surface area contributed by atoms with Crippen LogP contribution in [0.5, 0.6) is 5.88 Å². The fourth-order valence-electron chi connectivity index (χ4n) is 2.13. The van der Waals surface area contributed by atoms with E-state index in [9.17, 15) is 0 Å². The van der Waals surface area contributed by atoms with E-state index in [1.54, 1.807) is 6.20 Å². The summed E-state index contributed by atoms with van der Waals surface area (Å²) in [7, 11) is 0. The van der Waals surface area contributed by atoms with E-state index in [1.807, 2.05) is 24.3 Å². The van der Waals surface area contributed by atoms with Crippen molar-refractivity contribution in [2.24, 2.45) is 11.7 Å². The second kappa shape index (κ2) is 4.30. The highest BCUT2D eigenvalue weighted by molar-refractivity contribution is 5.73. The topological polar surface area (TPSA) is 61.0 Å². The summed E-state index contributed by atoms with van der Waals surface area (Å²) in [5, 5.41) is 0. The Balaban J connectivity index is 1.73. The quantitative estimate of drug-likeness (QED) is 0.871. The first-order chi connectivity index (χ1) is 8.35. The second-order valence-corrected chi connectivity index (χ2v) is 4.51. The zero-order valence-electron chi connectivity index (χ0n) is 9.54. The molecule has 0 atom stereocenters. The van der Waals surface area contributed by atoms with E-state index < -0.39 is 0 Å². The zero-order valence-corrected chi connectivity index (χ0v) is 9.54. The van der Waals surface area contributed by atoms with Gasteiger partial charge in [0.15, 0.2) is 0 Å². The summed E-state index contributed by atoms with van der Waals surface area (Å²) in [6.07, 6.45) is 4.02. The molecule has 0 amide bonds. The Kier molecular flexibility index (Phi) is 2.65. The van der Waals surface area contributed by atoms with Gasteiger partial charge in [0.25, 0.3) is 0 Å². The minimum Gasteiger partial charge on any atom is -0.473 e. The summed E-state index contributed by atoms with van der Waals surface area (Å²) in [5.74, 6) is 1.23. The molecule has 1 aliphatic carbocycles. The van der Waals surface area contributed by atoms with Gasteiger partial charge in [-0.25, -0.2) is 9.97 Å². The molecule has 88 valence electrons. The predicted molar refractivity (Wildman–Crippen MR) is 65.7 cm³/mol. The molecule has 4 heteroatoms. The van der Waals surface area contributed by atoms with Gasteiger partial charge >= 0.3 is 0 Å². The highest BCUT2D eigenvalue weighted by Gasteiger charge is 2.29. The lowest BCUT2D eigenvalue weighted by molar-refractivity contribution is 0.0648. The van der Waals surface area contributed by atoms with Gasteiger partial charge in [0.05, 0.1) is 17.2 Å². The number of nitrogens with two attached hydrogens (primary N) is 1. The number of hydrogen-bond donors (Lipinski definition) is 1. The molecule has 0 saturated heterocycles. The van der Waals surface area contributed by atoms with Crippen molar-refractivity contribution >= 4 is 11.0 Å². The summed E-state index contributed by atoms with van der Waals surface area (Å²) in [5.41, 5.74) is 7.35. The monoisotopic (exact) mass is 229 g/mol. The molecule has 0 spiro atoms. The Labute approximate surface area is 99.8 Å². The zero-order chi connectivity index (χ0) is 11.7. The van der Waals surface area contributed by atoms with Crippen LogP contribution in [0.25, 0.3) is 11.0 Å². The molecule has 0 unspecified atom stereocenters. The van der Waals surface area contributed by atoms with Crippen LogP contribution in [-0.2, 0) is 0 Å². The van der Waals surface area contributed by atoms with Gasteiger partial charge < -0.3 is 10.5 Å². The van der Waals surface area contributed by atoms with Crippen molar-refractivity contribution in [2.45, 2.75) is 18.9 Å². The van der Waals surface area contributed by atoms with Crippen LogP contribution in [0, 0.1) is 5.92 Å². The number of nitrogens with zero attached hydrogens (tertiary/aromatic N) is 2. The fourth-order valence-corrected chi connectivity index (χ4v) is 2.13. The van der Waals surface area contributed by atoms with Gasteiger partial charge in [0, 0.05) is 0 Å². The van der Waals surface area contributed by atoms with Crippen molar-refractivity contribution in [1.29, 1.82) is 0 Å². The Morgan fingerprint density at radius 2 is 2.00 bits per heavy atom. The van der Waals surface area contributed by atoms with Crippen LogP contribution in [0.15, 0.2) is 30.5 Å². The van der Waals surface area contributed by atoms with Crippen molar-refractivity contribution < 1.29 is 4.74 Å².